The van der Waals surface area contributed by atoms with E-state index < -0.39 is 0 Å². The number of rotatable bonds is 12. The van der Waals surface area contributed by atoms with Gasteiger partial charge in [-0.05, 0) is 36.2 Å². The van der Waals surface area contributed by atoms with E-state index in [0.717, 1.165) is 18.4 Å². The zero-order valence-electron chi connectivity index (χ0n) is 20.0. The van der Waals surface area contributed by atoms with Gasteiger partial charge in [0.25, 0.3) is 0 Å². The number of hydrogen-bond donors (Lipinski definition) is 0. The Balaban J connectivity index is 1.71. The van der Waals surface area contributed by atoms with Crippen molar-refractivity contribution in [3.8, 4) is 28.6 Å². The predicted molar refractivity (Wildman–Crippen MR) is 125 cm³/mol. The van der Waals surface area contributed by atoms with Gasteiger partial charge in [-0.25, -0.2) is 4.39 Å². The fourth-order valence-corrected chi connectivity index (χ4v) is 3.51. The normalized spacial score (nSPS) is 10.7. The molecule has 34 heavy (non-hydrogen) atoms. The minimum atomic E-state index is -0.321. The SMILES string of the molecule is CCCCN(CCc1nc(-c2cc(OC)c(OC)c(OC)c2)no1)C(=O)Cc1ccc(F)cc1. The zero-order valence-corrected chi connectivity index (χ0v) is 20.0. The lowest BCUT2D eigenvalue weighted by atomic mass is 10.1. The van der Waals surface area contributed by atoms with Gasteiger partial charge in [0, 0.05) is 25.1 Å². The van der Waals surface area contributed by atoms with Crippen molar-refractivity contribution in [3.63, 3.8) is 0 Å². The second-order valence-electron chi connectivity index (χ2n) is 7.71. The Kier molecular flexibility index (Phi) is 8.84. The molecule has 1 amide bonds. The van der Waals surface area contributed by atoms with E-state index in [2.05, 4.69) is 17.1 Å². The number of carbonyl (C=O) groups is 1. The molecule has 0 unspecified atom stereocenters. The molecule has 0 aliphatic heterocycles. The fourth-order valence-electron chi connectivity index (χ4n) is 3.51. The molecule has 182 valence electrons. The predicted octanol–water partition coefficient (Wildman–Crippen LogP) is 4.32. The number of hydrogen-bond acceptors (Lipinski definition) is 7. The summed E-state index contributed by atoms with van der Waals surface area (Å²) in [6.45, 7) is 3.14. The number of methoxy groups -OCH3 is 3. The average molecular weight is 472 g/mol. The van der Waals surface area contributed by atoms with Crippen molar-refractivity contribution in [1.29, 1.82) is 0 Å². The molecule has 0 spiro atoms. The quantitative estimate of drug-likeness (QED) is 0.389. The van der Waals surface area contributed by atoms with Gasteiger partial charge in [-0.2, -0.15) is 4.98 Å². The van der Waals surface area contributed by atoms with Crippen LogP contribution in [0.2, 0.25) is 0 Å². The molecule has 0 atom stereocenters. The van der Waals surface area contributed by atoms with Crippen LogP contribution in [0.15, 0.2) is 40.9 Å². The Hall–Kier alpha value is -3.62. The molecule has 3 aromatic rings. The maximum absolute atomic E-state index is 13.2. The maximum atomic E-state index is 13.2. The summed E-state index contributed by atoms with van der Waals surface area (Å²) in [6.07, 6.45) is 2.47. The third-order valence-electron chi connectivity index (χ3n) is 5.39. The summed E-state index contributed by atoms with van der Waals surface area (Å²) in [4.78, 5) is 19.1. The number of nitrogens with zero attached hydrogens (tertiary/aromatic N) is 3. The van der Waals surface area contributed by atoms with Crippen molar-refractivity contribution < 1.29 is 27.9 Å². The smallest absolute Gasteiger partial charge is 0.228 e. The van der Waals surface area contributed by atoms with E-state index in [1.807, 2.05) is 0 Å². The van der Waals surface area contributed by atoms with E-state index >= 15 is 0 Å². The van der Waals surface area contributed by atoms with Gasteiger partial charge < -0.3 is 23.6 Å². The molecule has 0 radical (unpaired) electrons. The first-order valence-electron chi connectivity index (χ1n) is 11.1. The van der Waals surface area contributed by atoms with Gasteiger partial charge in [0.2, 0.25) is 23.4 Å². The van der Waals surface area contributed by atoms with Crippen LogP contribution in [0.3, 0.4) is 0 Å². The third kappa shape index (κ3) is 6.24. The summed E-state index contributed by atoms with van der Waals surface area (Å²) in [5.74, 6) is 1.90. The van der Waals surface area contributed by atoms with Gasteiger partial charge in [-0.3, -0.25) is 4.79 Å². The van der Waals surface area contributed by atoms with Gasteiger partial charge in [0.1, 0.15) is 5.82 Å². The first kappa shape index (κ1) is 25.0. The first-order valence-corrected chi connectivity index (χ1v) is 11.1. The van der Waals surface area contributed by atoms with E-state index in [-0.39, 0.29) is 18.1 Å². The Bertz CT molecular complexity index is 1060. The highest BCUT2D eigenvalue weighted by atomic mass is 19.1. The summed E-state index contributed by atoms with van der Waals surface area (Å²) in [6, 6.07) is 9.48. The highest BCUT2D eigenvalue weighted by Crippen LogP contribution is 2.40. The Morgan fingerprint density at radius 1 is 1.03 bits per heavy atom. The van der Waals surface area contributed by atoms with Crippen molar-refractivity contribution in [2.75, 3.05) is 34.4 Å². The molecular weight excluding hydrogens is 441 g/mol. The summed E-state index contributed by atoms with van der Waals surface area (Å²) in [7, 11) is 4.61. The standard InChI is InChI=1S/C25H30FN3O5/c1-5-6-12-29(23(30)14-17-7-9-19(26)10-8-17)13-11-22-27-25(28-34-22)18-15-20(31-2)24(33-4)21(16-18)32-3/h7-10,15-16H,5-6,11-14H2,1-4H3. The van der Waals surface area contributed by atoms with E-state index in [9.17, 15) is 9.18 Å². The van der Waals surface area contributed by atoms with Crippen LogP contribution < -0.4 is 14.2 Å². The first-order chi connectivity index (χ1) is 16.5. The lowest BCUT2D eigenvalue weighted by molar-refractivity contribution is -0.130. The van der Waals surface area contributed by atoms with Gasteiger partial charge in [0.15, 0.2) is 11.5 Å². The molecule has 2 aromatic carbocycles. The van der Waals surface area contributed by atoms with Crippen molar-refractivity contribution in [2.45, 2.75) is 32.6 Å². The van der Waals surface area contributed by atoms with Crippen LogP contribution in [0.1, 0.15) is 31.2 Å². The largest absolute Gasteiger partial charge is 0.493 e. The fraction of sp³-hybridized carbons (Fsp3) is 0.400. The van der Waals surface area contributed by atoms with Crippen LogP contribution in [0, 0.1) is 5.82 Å². The summed E-state index contributed by atoms with van der Waals surface area (Å²) in [5, 5.41) is 4.08. The van der Waals surface area contributed by atoms with E-state index in [0.29, 0.717) is 54.0 Å². The number of aromatic nitrogens is 2. The second kappa shape index (κ2) is 12.0. The van der Waals surface area contributed by atoms with E-state index in [1.54, 1.807) is 29.2 Å². The Morgan fingerprint density at radius 3 is 2.29 bits per heavy atom. The third-order valence-corrected chi connectivity index (χ3v) is 5.39. The van der Waals surface area contributed by atoms with Gasteiger partial charge >= 0.3 is 0 Å². The molecule has 0 aliphatic rings. The van der Waals surface area contributed by atoms with Gasteiger partial charge in [-0.1, -0.05) is 30.6 Å². The van der Waals surface area contributed by atoms with Crippen LogP contribution in [0.25, 0.3) is 11.4 Å². The number of unbranched alkanes of at least 4 members (excludes halogenated alkanes) is 1. The van der Waals surface area contributed by atoms with Crippen molar-refractivity contribution in [3.05, 3.63) is 53.7 Å². The molecule has 0 N–H and O–H groups in total. The summed E-state index contributed by atoms with van der Waals surface area (Å²) in [5.41, 5.74) is 1.43. The molecule has 0 saturated carbocycles. The highest BCUT2D eigenvalue weighted by molar-refractivity contribution is 5.78. The van der Waals surface area contributed by atoms with Crippen molar-refractivity contribution in [1.82, 2.24) is 15.0 Å². The lowest BCUT2D eigenvalue weighted by Crippen LogP contribution is -2.35. The van der Waals surface area contributed by atoms with Crippen LogP contribution in [0.4, 0.5) is 4.39 Å². The number of ether oxygens (including phenoxy) is 3. The molecule has 1 heterocycles. The number of halogens is 1. The van der Waals surface area contributed by atoms with Crippen molar-refractivity contribution in [2.24, 2.45) is 0 Å². The maximum Gasteiger partial charge on any atom is 0.228 e. The van der Waals surface area contributed by atoms with Gasteiger partial charge in [-0.15, -0.1) is 0 Å². The van der Waals surface area contributed by atoms with Gasteiger partial charge in [0.05, 0.1) is 27.8 Å². The number of carbonyl (C=O) groups excluding carboxylic acids is 1. The average Bonchev–Trinajstić information content (AvgIpc) is 3.33. The molecule has 1 aromatic heterocycles. The Morgan fingerprint density at radius 2 is 1.71 bits per heavy atom. The topological polar surface area (TPSA) is 86.9 Å². The molecular formula is C25H30FN3O5. The zero-order chi connectivity index (χ0) is 24.5. The van der Waals surface area contributed by atoms with E-state index in [4.69, 9.17) is 18.7 Å². The van der Waals surface area contributed by atoms with Crippen LogP contribution in [0.5, 0.6) is 17.2 Å². The van der Waals surface area contributed by atoms with Crippen LogP contribution in [-0.4, -0.2) is 55.4 Å². The minimum Gasteiger partial charge on any atom is -0.493 e. The minimum absolute atomic E-state index is 0.0237. The summed E-state index contributed by atoms with van der Waals surface area (Å²) < 4.78 is 34.7. The highest BCUT2D eigenvalue weighted by Gasteiger charge is 2.19. The number of amides is 1. The van der Waals surface area contributed by atoms with Crippen molar-refractivity contribution >= 4 is 5.91 Å². The molecule has 9 heteroatoms. The Labute approximate surface area is 198 Å². The lowest BCUT2D eigenvalue weighted by Gasteiger charge is -2.22. The molecule has 0 bridgehead atoms. The molecule has 0 fully saturated rings. The molecule has 3 rings (SSSR count). The van der Waals surface area contributed by atoms with E-state index in [1.165, 1.54) is 33.5 Å². The summed E-state index contributed by atoms with van der Waals surface area (Å²) >= 11 is 0. The second-order valence-corrected chi connectivity index (χ2v) is 7.71. The monoisotopic (exact) mass is 471 g/mol. The number of benzene rings is 2. The van der Waals surface area contributed by atoms with Crippen LogP contribution >= 0.6 is 0 Å². The van der Waals surface area contributed by atoms with Crippen LogP contribution in [-0.2, 0) is 17.6 Å². The molecule has 8 nitrogen and oxygen atoms in total. The molecule has 0 saturated heterocycles. The molecule has 0 aliphatic carbocycles.